The number of para-hydroxylation sites is 1. The van der Waals surface area contributed by atoms with E-state index in [1.165, 1.54) is 4.90 Å². The van der Waals surface area contributed by atoms with Crippen molar-refractivity contribution >= 4 is 16.8 Å². The van der Waals surface area contributed by atoms with Gasteiger partial charge in [-0.2, -0.15) is 41.8 Å². The molecule has 0 spiro atoms. The molecule has 0 bridgehead atoms. The lowest BCUT2D eigenvalue weighted by Gasteiger charge is -2.41. The lowest BCUT2D eigenvalue weighted by atomic mass is 9.98. The number of halogens is 6. The maximum atomic E-state index is 13.8. The van der Waals surface area contributed by atoms with Gasteiger partial charge in [0.05, 0.1) is 11.1 Å². The normalized spacial score (nSPS) is 16.8. The van der Waals surface area contributed by atoms with Crippen LogP contribution in [-0.2, 0) is 31.9 Å². The van der Waals surface area contributed by atoms with Gasteiger partial charge in [0.15, 0.2) is 0 Å². The van der Waals surface area contributed by atoms with E-state index >= 15 is 0 Å². The second-order valence-electron chi connectivity index (χ2n) is 12.3. The second-order valence-corrected chi connectivity index (χ2v) is 12.3. The number of benzene rings is 2. The van der Waals surface area contributed by atoms with Crippen molar-refractivity contribution in [2.24, 2.45) is 0 Å². The summed E-state index contributed by atoms with van der Waals surface area (Å²) < 4.78 is 81.8. The molecule has 1 amide bonds. The fourth-order valence-electron chi connectivity index (χ4n) is 6.18. The predicted octanol–water partition coefficient (Wildman–Crippen LogP) is 6.51. The zero-order valence-corrected chi connectivity index (χ0v) is 26.0. The van der Waals surface area contributed by atoms with Gasteiger partial charge in [0.2, 0.25) is 0 Å². The number of amides is 1. The number of piperazine rings is 1. The van der Waals surface area contributed by atoms with Crippen molar-refractivity contribution < 1.29 is 31.1 Å². The van der Waals surface area contributed by atoms with Crippen molar-refractivity contribution in [3.8, 4) is 0 Å². The topological polar surface area (TPSA) is 84.2 Å². The molecule has 248 valence electrons. The maximum Gasteiger partial charge on any atom is 0.416 e. The molecule has 2 aromatic carbocycles. The Morgan fingerprint density at radius 3 is 2.20 bits per heavy atom. The Kier molecular flexibility index (Phi) is 9.50. The minimum absolute atomic E-state index is 0.0351. The molecule has 0 saturated carbocycles. The Bertz CT molecular complexity index is 1620. The van der Waals surface area contributed by atoms with E-state index in [-0.39, 0.29) is 24.7 Å². The van der Waals surface area contributed by atoms with Gasteiger partial charge in [0.1, 0.15) is 11.4 Å². The highest BCUT2D eigenvalue weighted by molar-refractivity contribution is 5.95. The molecule has 2 aromatic heterocycles. The minimum Gasteiger partial charge on any atom is -0.361 e. The second kappa shape index (κ2) is 13.1. The Labute approximate surface area is 262 Å². The van der Waals surface area contributed by atoms with Gasteiger partial charge >= 0.3 is 12.4 Å². The SMILES string of the molecule is CC(C)N(Cc1n[nH]nc1CN1CCN(C(=O)c2cc(C(F)(F)F)cc(C(F)(F)F)c2)C(Cc2c[nH]c3ccccc23)C1)C(C)C. The predicted molar refractivity (Wildman–Crippen MR) is 161 cm³/mol. The molecule has 2 N–H and O–H groups in total. The summed E-state index contributed by atoms with van der Waals surface area (Å²) in [6.45, 7) is 10.2. The highest BCUT2D eigenvalue weighted by Crippen LogP contribution is 2.37. The molecule has 14 heteroatoms. The van der Waals surface area contributed by atoms with Gasteiger partial charge in [-0.05, 0) is 63.9 Å². The van der Waals surface area contributed by atoms with Gasteiger partial charge < -0.3 is 9.88 Å². The number of aromatic nitrogens is 4. The molecule has 0 radical (unpaired) electrons. The number of alkyl halides is 6. The van der Waals surface area contributed by atoms with Crippen molar-refractivity contribution in [3.05, 3.63) is 82.3 Å². The van der Waals surface area contributed by atoms with Gasteiger partial charge in [-0.15, -0.1) is 0 Å². The lowest BCUT2D eigenvalue weighted by molar-refractivity contribution is -0.143. The van der Waals surface area contributed by atoms with Crippen molar-refractivity contribution in [2.75, 3.05) is 19.6 Å². The first-order valence-electron chi connectivity index (χ1n) is 15.1. The van der Waals surface area contributed by atoms with Crippen LogP contribution in [0.25, 0.3) is 10.9 Å². The molecule has 8 nitrogen and oxygen atoms in total. The molecule has 1 unspecified atom stereocenters. The summed E-state index contributed by atoms with van der Waals surface area (Å²) in [5.74, 6) is -0.882. The maximum absolute atomic E-state index is 13.8. The molecule has 0 aliphatic carbocycles. The van der Waals surface area contributed by atoms with Crippen molar-refractivity contribution in [2.45, 2.75) is 77.7 Å². The number of fused-ring (bicyclic) bond motifs is 1. The van der Waals surface area contributed by atoms with E-state index in [1.807, 2.05) is 30.5 Å². The number of hydrogen-bond acceptors (Lipinski definition) is 5. The van der Waals surface area contributed by atoms with E-state index in [9.17, 15) is 31.1 Å². The highest BCUT2D eigenvalue weighted by Gasteiger charge is 2.39. The first-order valence-corrected chi connectivity index (χ1v) is 15.1. The Balaban J connectivity index is 1.45. The van der Waals surface area contributed by atoms with E-state index in [2.05, 4.69) is 57.9 Å². The fraction of sp³-hybridized carbons (Fsp3) is 0.469. The smallest absolute Gasteiger partial charge is 0.361 e. The van der Waals surface area contributed by atoms with Crippen molar-refractivity contribution in [3.63, 3.8) is 0 Å². The zero-order valence-electron chi connectivity index (χ0n) is 26.0. The molecule has 1 aliphatic rings. The molecule has 3 heterocycles. The molecular weight excluding hydrogens is 612 g/mol. The number of nitrogens with one attached hydrogen (secondary N) is 2. The molecule has 5 rings (SSSR count). The Morgan fingerprint density at radius 1 is 0.935 bits per heavy atom. The average molecular weight is 650 g/mol. The van der Waals surface area contributed by atoms with E-state index in [4.69, 9.17) is 0 Å². The summed E-state index contributed by atoms with van der Waals surface area (Å²) in [5.41, 5.74) is -0.404. The quantitative estimate of drug-likeness (QED) is 0.202. The zero-order chi connectivity index (χ0) is 33.4. The van der Waals surface area contributed by atoms with Crippen LogP contribution in [0, 0.1) is 0 Å². The van der Waals surface area contributed by atoms with Crippen LogP contribution in [-0.4, -0.2) is 78.8 Å². The molecule has 1 aliphatic heterocycles. The van der Waals surface area contributed by atoms with Crippen LogP contribution in [0.5, 0.6) is 0 Å². The Morgan fingerprint density at radius 2 is 1.57 bits per heavy atom. The van der Waals surface area contributed by atoms with E-state index in [0.717, 1.165) is 27.9 Å². The largest absolute Gasteiger partial charge is 0.416 e. The number of rotatable bonds is 9. The number of aromatic amines is 2. The highest BCUT2D eigenvalue weighted by atomic mass is 19.4. The van der Waals surface area contributed by atoms with Gasteiger partial charge in [-0.25, -0.2) is 0 Å². The van der Waals surface area contributed by atoms with Crippen molar-refractivity contribution in [1.29, 1.82) is 0 Å². The summed E-state index contributed by atoms with van der Waals surface area (Å²) in [6, 6.07) is 8.61. The molecule has 1 atom stereocenters. The summed E-state index contributed by atoms with van der Waals surface area (Å²) >= 11 is 0. The van der Waals surface area contributed by atoms with Crippen LogP contribution in [0.15, 0.2) is 48.7 Å². The number of hydrogen-bond donors (Lipinski definition) is 2. The summed E-state index contributed by atoms with van der Waals surface area (Å²) in [6.07, 6.45) is -7.97. The number of carbonyl (C=O) groups excluding carboxylic acids is 1. The van der Waals surface area contributed by atoms with Gasteiger partial charge in [0.25, 0.3) is 5.91 Å². The van der Waals surface area contributed by atoms with Crippen LogP contribution in [0.3, 0.4) is 0 Å². The van der Waals surface area contributed by atoms with Crippen LogP contribution in [0.2, 0.25) is 0 Å². The third kappa shape index (κ3) is 7.38. The van der Waals surface area contributed by atoms with E-state index in [1.54, 1.807) is 0 Å². The molecule has 4 aromatic rings. The summed E-state index contributed by atoms with van der Waals surface area (Å²) in [7, 11) is 0. The lowest BCUT2D eigenvalue weighted by Crippen LogP contribution is -2.55. The third-order valence-electron chi connectivity index (χ3n) is 8.53. The molecule has 1 saturated heterocycles. The standard InChI is InChI=1S/C32H37F6N7O/c1-19(2)45(20(3)4)18-29-28(40-42-41-29)17-43-9-10-44(25(16-43)13-22-15-39-27-8-6-5-7-26(22)27)30(46)21-11-23(31(33,34)35)14-24(12-21)32(36,37)38/h5-8,11-12,14-15,19-20,25,39H,9-10,13,16-18H2,1-4H3,(H,40,41,42). The monoisotopic (exact) mass is 649 g/mol. The van der Waals surface area contributed by atoms with Crippen molar-refractivity contribution in [1.82, 2.24) is 35.1 Å². The van der Waals surface area contributed by atoms with Crippen LogP contribution in [0.1, 0.15) is 66.1 Å². The number of H-pyrrole nitrogens is 2. The summed E-state index contributed by atoms with van der Waals surface area (Å²) in [4.78, 5) is 22.8. The van der Waals surface area contributed by atoms with Gasteiger partial charge in [-0.3, -0.25) is 14.6 Å². The average Bonchev–Trinajstić information content (AvgIpc) is 3.60. The van der Waals surface area contributed by atoms with Crippen LogP contribution >= 0.6 is 0 Å². The number of nitrogens with zero attached hydrogens (tertiary/aromatic N) is 5. The first-order chi connectivity index (χ1) is 21.6. The minimum atomic E-state index is -5.06. The first kappa shape index (κ1) is 33.5. The fourth-order valence-corrected chi connectivity index (χ4v) is 6.18. The van der Waals surface area contributed by atoms with E-state index in [0.29, 0.717) is 44.7 Å². The third-order valence-corrected chi connectivity index (χ3v) is 8.53. The summed E-state index contributed by atoms with van der Waals surface area (Å²) in [5, 5.41) is 12.4. The Hall–Kier alpha value is -3.91. The van der Waals surface area contributed by atoms with Crippen LogP contribution < -0.4 is 0 Å². The molecular formula is C32H37F6N7O. The van der Waals surface area contributed by atoms with Gasteiger partial charge in [0, 0.05) is 73.5 Å². The number of carbonyl (C=O) groups is 1. The molecule has 1 fully saturated rings. The van der Waals surface area contributed by atoms with E-state index < -0.39 is 41.0 Å². The molecule has 46 heavy (non-hydrogen) atoms. The van der Waals surface area contributed by atoms with Crippen LogP contribution in [0.4, 0.5) is 26.3 Å². The van der Waals surface area contributed by atoms with Gasteiger partial charge in [-0.1, -0.05) is 18.2 Å².